The van der Waals surface area contributed by atoms with E-state index < -0.39 is 4.92 Å². The lowest BCUT2D eigenvalue weighted by molar-refractivity contribution is -0.385. The number of carbonyl (C=O) groups excluding carboxylic acids is 1. The Morgan fingerprint density at radius 1 is 1.58 bits per heavy atom. The highest BCUT2D eigenvalue weighted by Gasteiger charge is 2.31. The number of nitro groups is 1. The van der Waals surface area contributed by atoms with Crippen LogP contribution in [0.5, 0.6) is 0 Å². The fraction of sp³-hybridized carbons (Fsp3) is 0.417. The molecule has 1 heterocycles. The summed E-state index contributed by atoms with van der Waals surface area (Å²) in [4.78, 5) is 24.5. The zero-order valence-electron chi connectivity index (χ0n) is 10.4. The van der Waals surface area contributed by atoms with E-state index in [-0.39, 0.29) is 23.2 Å². The molecule has 0 aliphatic carbocycles. The second kappa shape index (κ2) is 5.54. The second-order valence-corrected chi connectivity index (χ2v) is 4.76. The van der Waals surface area contributed by atoms with Crippen molar-refractivity contribution in [2.75, 3.05) is 19.6 Å². The van der Waals surface area contributed by atoms with Crippen LogP contribution in [0.2, 0.25) is 5.02 Å². The number of nitrogens with zero attached hydrogens (tertiary/aromatic N) is 2. The van der Waals surface area contributed by atoms with Gasteiger partial charge in [0, 0.05) is 30.7 Å². The molecule has 0 spiro atoms. The molecule has 1 fully saturated rings. The zero-order valence-corrected chi connectivity index (χ0v) is 11.2. The highest BCUT2D eigenvalue weighted by molar-refractivity contribution is 6.31. The topological polar surface area (TPSA) is 75.5 Å². The Bertz CT molecular complexity index is 517. The number of carbonyl (C=O) groups is 1. The Morgan fingerprint density at radius 2 is 2.26 bits per heavy atom. The molecule has 102 valence electrons. The van der Waals surface area contributed by atoms with E-state index in [1.807, 2.05) is 6.92 Å². The molecule has 0 aromatic heterocycles. The lowest BCUT2D eigenvalue weighted by Gasteiger charge is -2.37. The van der Waals surface area contributed by atoms with E-state index in [9.17, 15) is 14.9 Å². The molecule has 0 atom stereocenters. The Kier molecular flexibility index (Phi) is 4.01. The Labute approximate surface area is 115 Å². The van der Waals surface area contributed by atoms with E-state index in [0.29, 0.717) is 24.7 Å². The summed E-state index contributed by atoms with van der Waals surface area (Å²) >= 11 is 5.84. The summed E-state index contributed by atoms with van der Waals surface area (Å²) in [6.45, 7) is 3.79. The fourth-order valence-electron chi connectivity index (χ4n) is 2.05. The summed E-state index contributed by atoms with van der Waals surface area (Å²) in [6, 6.07) is 4.13. The third kappa shape index (κ3) is 2.69. The van der Waals surface area contributed by atoms with Gasteiger partial charge < -0.3 is 10.2 Å². The van der Waals surface area contributed by atoms with Gasteiger partial charge in [-0.2, -0.15) is 0 Å². The van der Waals surface area contributed by atoms with Crippen molar-refractivity contribution in [1.29, 1.82) is 0 Å². The summed E-state index contributed by atoms with van der Waals surface area (Å²) in [7, 11) is 0. The molecule has 0 bridgehead atoms. The van der Waals surface area contributed by atoms with Crippen LogP contribution >= 0.6 is 11.6 Å². The maximum Gasteiger partial charge on any atom is 0.282 e. The van der Waals surface area contributed by atoms with Crippen molar-refractivity contribution in [1.82, 2.24) is 10.2 Å². The number of benzene rings is 1. The normalized spacial score (nSPS) is 14.8. The Morgan fingerprint density at radius 3 is 2.74 bits per heavy atom. The standard InChI is InChI=1S/C12H14ClN3O3/c1-2-15(9-6-14-7-9)12(17)10-5-8(13)3-4-11(10)16(18)19/h3-5,9,14H,2,6-7H2,1H3. The number of amides is 1. The van der Waals surface area contributed by atoms with Crippen molar-refractivity contribution >= 4 is 23.2 Å². The zero-order chi connectivity index (χ0) is 14.0. The molecule has 1 aliphatic heterocycles. The fourth-order valence-corrected chi connectivity index (χ4v) is 2.23. The quantitative estimate of drug-likeness (QED) is 0.674. The lowest BCUT2D eigenvalue weighted by Crippen LogP contribution is -2.58. The van der Waals surface area contributed by atoms with E-state index in [0.717, 1.165) is 0 Å². The average Bonchev–Trinajstić information content (AvgIpc) is 2.32. The van der Waals surface area contributed by atoms with Gasteiger partial charge in [-0.25, -0.2) is 0 Å². The smallest absolute Gasteiger partial charge is 0.282 e. The van der Waals surface area contributed by atoms with Crippen LogP contribution in [0.15, 0.2) is 18.2 Å². The lowest BCUT2D eigenvalue weighted by atomic mass is 10.1. The first kappa shape index (κ1) is 13.8. The van der Waals surface area contributed by atoms with Crippen molar-refractivity contribution < 1.29 is 9.72 Å². The summed E-state index contributed by atoms with van der Waals surface area (Å²) in [5.74, 6) is -0.344. The molecule has 6 nitrogen and oxygen atoms in total. The number of hydrogen-bond donors (Lipinski definition) is 1. The minimum absolute atomic E-state index is 0.0475. The summed E-state index contributed by atoms with van der Waals surface area (Å²) in [5, 5.41) is 14.4. The van der Waals surface area contributed by atoms with Crippen LogP contribution in [0.3, 0.4) is 0 Å². The number of rotatable bonds is 4. The van der Waals surface area contributed by atoms with Crippen LogP contribution in [0.4, 0.5) is 5.69 Å². The van der Waals surface area contributed by atoms with Crippen LogP contribution in [-0.4, -0.2) is 41.4 Å². The molecule has 1 N–H and O–H groups in total. The van der Waals surface area contributed by atoms with Gasteiger partial charge in [0.25, 0.3) is 11.6 Å². The number of hydrogen-bond acceptors (Lipinski definition) is 4. The molecule has 0 saturated carbocycles. The van der Waals surface area contributed by atoms with Crippen molar-refractivity contribution in [3.63, 3.8) is 0 Å². The maximum atomic E-state index is 12.4. The number of likely N-dealkylation sites (N-methyl/N-ethyl adjacent to an activating group) is 1. The van der Waals surface area contributed by atoms with Crippen LogP contribution in [-0.2, 0) is 0 Å². The monoisotopic (exact) mass is 283 g/mol. The molecule has 19 heavy (non-hydrogen) atoms. The Balaban J connectivity index is 2.35. The van der Waals surface area contributed by atoms with Crippen LogP contribution in [0.1, 0.15) is 17.3 Å². The first-order valence-electron chi connectivity index (χ1n) is 6.00. The number of halogens is 1. The summed E-state index contributed by atoms with van der Waals surface area (Å²) < 4.78 is 0. The largest absolute Gasteiger partial charge is 0.333 e. The molecular weight excluding hydrogens is 270 g/mol. The molecule has 7 heteroatoms. The van der Waals surface area contributed by atoms with Gasteiger partial charge in [0.05, 0.1) is 11.0 Å². The third-order valence-corrected chi connectivity index (χ3v) is 3.42. The van der Waals surface area contributed by atoms with Gasteiger partial charge in [0.15, 0.2) is 0 Å². The molecular formula is C12H14ClN3O3. The van der Waals surface area contributed by atoms with E-state index in [2.05, 4.69) is 5.32 Å². The number of nitro benzene ring substituents is 1. The van der Waals surface area contributed by atoms with Crippen molar-refractivity contribution in [2.24, 2.45) is 0 Å². The molecule has 0 unspecified atom stereocenters. The minimum atomic E-state index is -0.559. The Hall–Kier alpha value is -1.66. The van der Waals surface area contributed by atoms with Gasteiger partial charge >= 0.3 is 0 Å². The predicted molar refractivity (Wildman–Crippen MR) is 71.5 cm³/mol. The minimum Gasteiger partial charge on any atom is -0.333 e. The molecule has 1 amide bonds. The van der Waals surface area contributed by atoms with Gasteiger partial charge in [-0.15, -0.1) is 0 Å². The SMILES string of the molecule is CCN(C(=O)c1cc(Cl)ccc1[N+](=O)[O-])C1CNC1. The van der Waals surface area contributed by atoms with E-state index in [4.69, 9.17) is 11.6 Å². The van der Waals surface area contributed by atoms with Gasteiger partial charge in [0.1, 0.15) is 5.56 Å². The maximum absolute atomic E-state index is 12.4. The van der Waals surface area contributed by atoms with Gasteiger partial charge in [0.2, 0.25) is 0 Å². The molecule has 0 radical (unpaired) electrons. The van der Waals surface area contributed by atoms with E-state index in [1.165, 1.54) is 18.2 Å². The van der Waals surface area contributed by atoms with Gasteiger partial charge in [-0.1, -0.05) is 11.6 Å². The first-order chi connectivity index (χ1) is 9.04. The summed E-state index contributed by atoms with van der Waals surface area (Å²) in [6.07, 6.45) is 0. The average molecular weight is 284 g/mol. The van der Waals surface area contributed by atoms with Gasteiger partial charge in [-0.05, 0) is 19.1 Å². The van der Waals surface area contributed by atoms with Crippen molar-refractivity contribution in [2.45, 2.75) is 13.0 Å². The van der Waals surface area contributed by atoms with E-state index >= 15 is 0 Å². The molecule has 1 aliphatic rings. The molecule has 1 saturated heterocycles. The van der Waals surface area contributed by atoms with Crippen LogP contribution in [0, 0.1) is 10.1 Å². The van der Waals surface area contributed by atoms with Crippen molar-refractivity contribution in [3.05, 3.63) is 38.9 Å². The molecule has 1 aromatic carbocycles. The van der Waals surface area contributed by atoms with E-state index in [1.54, 1.807) is 4.90 Å². The van der Waals surface area contributed by atoms with Crippen molar-refractivity contribution in [3.8, 4) is 0 Å². The van der Waals surface area contributed by atoms with Gasteiger partial charge in [-0.3, -0.25) is 14.9 Å². The van der Waals surface area contributed by atoms with Crippen LogP contribution in [0.25, 0.3) is 0 Å². The number of nitrogens with one attached hydrogen (secondary N) is 1. The molecule has 1 aromatic rings. The third-order valence-electron chi connectivity index (χ3n) is 3.19. The first-order valence-corrected chi connectivity index (χ1v) is 6.38. The highest BCUT2D eigenvalue weighted by atomic mass is 35.5. The second-order valence-electron chi connectivity index (χ2n) is 4.32. The summed E-state index contributed by atoms with van der Waals surface area (Å²) in [5.41, 5.74) is -0.161. The molecule has 2 rings (SSSR count). The van der Waals surface area contributed by atoms with Crippen LogP contribution < -0.4 is 5.32 Å². The highest BCUT2D eigenvalue weighted by Crippen LogP contribution is 2.25. The predicted octanol–water partition coefficient (Wildman–Crippen LogP) is 1.68.